The molecule has 0 radical (unpaired) electrons. The van der Waals surface area contributed by atoms with Crippen LogP contribution in [-0.2, 0) is 0 Å². The fraction of sp³-hybridized carbons (Fsp3) is 0.571. The molecule has 0 spiro atoms. The van der Waals surface area contributed by atoms with Gasteiger partial charge >= 0.3 is 0 Å². The van der Waals surface area contributed by atoms with Crippen molar-refractivity contribution in [2.24, 2.45) is 0 Å². The first-order valence-electron chi connectivity index (χ1n) is 6.45. The van der Waals surface area contributed by atoms with E-state index in [0.29, 0.717) is 6.04 Å². The lowest BCUT2D eigenvalue weighted by molar-refractivity contribution is 0.767. The molecule has 3 heteroatoms. The van der Waals surface area contributed by atoms with Crippen LogP contribution >= 0.6 is 11.8 Å². The van der Waals surface area contributed by atoms with Gasteiger partial charge in [-0.3, -0.25) is 0 Å². The Morgan fingerprint density at radius 2 is 2.24 bits per heavy atom. The Morgan fingerprint density at radius 1 is 1.41 bits per heavy atom. The zero-order valence-electron chi connectivity index (χ0n) is 10.7. The van der Waals surface area contributed by atoms with E-state index in [1.54, 1.807) is 0 Å². The zero-order chi connectivity index (χ0) is 12.3. The Balaban J connectivity index is 2.04. The second-order valence-electron chi connectivity index (χ2n) is 4.75. The van der Waals surface area contributed by atoms with E-state index in [-0.39, 0.29) is 0 Å². The SMILES string of the molecule is CCSC1CCCC1Nc1ccc(N)cc1C. The van der Waals surface area contributed by atoms with Gasteiger partial charge < -0.3 is 11.1 Å². The Kier molecular flexibility index (Phi) is 4.21. The average Bonchev–Trinajstić information content (AvgIpc) is 2.71. The molecular formula is C14H22N2S. The molecule has 1 aromatic rings. The van der Waals surface area contributed by atoms with Gasteiger partial charge in [-0.05, 0) is 49.3 Å². The molecule has 3 N–H and O–H groups in total. The van der Waals surface area contributed by atoms with Crippen molar-refractivity contribution in [3.63, 3.8) is 0 Å². The summed E-state index contributed by atoms with van der Waals surface area (Å²) in [5.41, 5.74) is 9.12. The number of nitrogens with two attached hydrogens (primary N) is 1. The van der Waals surface area contributed by atoms with Crippen LogP contribution in [0.4, 0.5) is 11.4 Å². The first-order chi connectivity index (χ1) is 8.20. The number of hydrogen-bond acceptors (Lipinski definition) is 3. The molecule has 94 valence electrons. The van der Waals surface area contributed by atoms with Crippen LogP contribution in [0.3, 0.4) is 0 Å². The number of nitrogens with one attached hydrogen (secondary N) is 1. The summed E-state index contributed by atoms with van der Waals surface area (Å²) in [7, 11) is 0. The lowest BCUT2D eigenvalue weighted by atomic mass is 10.1. The highest BCUT2D eigenvalue weighted by molar-refractivity contribution is 7.99. The molecular weight excluding hydrogens is 228 g/mol. The predicted octanol–water partition coefficient (Wildman–Crippen LogP) is 3.66. The minimum atomic E-state index is 0.627. The number of thioether (sulfide) groups is 1. The van der Waals surface area contributed by atoms with E-state index in [4.69, 9.17) is 5.73 Å². The van der Waals surface area contributed by atoms with Crippen LogP contribution in [0.2, 0.25) is 0 Å². The van der Waals surface area contributed by atoms with Crippen LogP contribution in [0.5, 0.6) is 0 Å². The maximum absolute atomic E-state index is 5.78. The summed E-state index contributed by atoms with van der Waals surface area (Å²) >= 11 is 2.09. The topological polar surface area (TPSA) is 38.0 Å². The third-order valence-corrected chi connectivity index (χ3v) is 4.75. The van der Waals surface area contributed by atoms with Crippen LogP contribution in [0.15, 0.2) is 18.2 Å². The fourth-order valence-corrected chi connectivity index (χ4v) is 3.75. The minimum Gasteiger partial charge on any atom is -0.399 e. The first-order valence-corrected chi connectivity index (χ1v) is 7.50. The third-order valence-electron chi connectivity index (χ3n) is 3.42. The first kappa shape index (κ1) is 12.6. The molecule has 1 aromatic carbocycles. The summed E-state index contributed by atoms with van der Waals surface area (Å²) in [6.45, 7) is 4.37. The van der Waals surface area contributed by atoms with Gasteiger partial charge in [-0.1, -0.05) is 13.3 Å². The van der Waals surface area contributed by atoms with Crippen LogP contribution in [-0.4, -0.2) is 17.0 Å². The van der Waals surface area contributed by atoms with Crippen molar-refractivity contribution in [1.82, 2.24) is 0 Å². The highest BCUT2D eigenvalue weighted by Crippen LogP contribution is 2.32. The van der Waals surface area contributed by atoms with E-state index >= 15 is 0 Å². The van der Waals surface area contributed by atoms with Gasteiger partial charge in [-0.2, -0.15) is 11.8 Å². The van der Waals surface area contributed by atoms with Crippen LogP contribution < -0.4 is 11.1 Å². The van der Waals surface area contributed by atoms with Crippen molar-refractivity contribution in [2.45, 2.75) is 44.4 Å². The standard InChI is InChI=1S/C14H22N2S/c1-3-17-14-6-4-5-13(14)16-12-8-7-11(15)9-10(12)2/h7-9,13-14,16H,3-6,15H2,1-2H3. The number of hydrogen-bond donors (Lipinski definition) is 2. The molecule has 2 atom stereocenters. The molecule has 1 aliphatic carbocycles. The monoisotopic (exact) mass is 250 g/mol. The van der Waals surface area contributed by atoms with Crippen molar-refractivity contribution in [3.05, 3.63) is 23.8 Å². The van der Waals surface area contributed by atoms with E-state index in [1.807, 2.05) is 12.1 Å². The fourth-order valence-electron chi connectivity index (χ4n) is 2.55. The highest BCUT2D eigenvalue weighted by Gasteiger charge is 2.27. The maximum Gasteiger partial charge on any atom is 0.0380 e. The summed E-state index contributed by atoms with van der Waals surface area (Å²) in [6, 6.07) is 6.75. The normalized spacial score (nSPS) is 23.9. The predicted molar refractivity (Wildman–Crippen MR) is 78.8 cm³/mol. The Labute approximate surface area is 108 Å². The van der Waals surface area contributed by atoms with Gasteiger partial charge in [-0.25, -0.2) is 0 Å². The van der Waals surface area contributed by atoms with E-state index in [2.05, 4.69) is 37.0 Å². The maximum atomic E-state index is 5.78. The second-order valence-corrected chi connectivity index (χ2v) is 6.27. The second kappa shape index (κ2) is 5.67. The van der Waals surface area contributed by atoms with Crippen molar-refractivity contribution in [1.29, 1.82) is 0 Å². The summed E-state index contributed by atoms with van der Waals surface area (Å²) in [6.07, 6.45) is 4.00. The Morgan fingerprint density at radius 3 is 2.94 bits per heavy atom. The zero-order valence-corrected chi connectivity index (χ0v) is 11.5. The van der Waals surface area contributed by atoms with Gasteiger partial charge in [0.25, 0.3) is 0 Å². The quantitative estimate of drug-likeness (QED) is 0.801. The summed E-state index contributed by atoms with van der Waals surface area (Å²) in [5.74, 6) is 1.21. The molecule has 1 saturated carbocycles. The van der Waals surface area contributed by atoms with Crippen LogP contribution in [0.1, 0.15) is 31.7 Å². The number of benzene rings is 1. The van der Waals surface area contributed by atoms with Crippen LogP contribution in [0.25, 0.3) is 0 Å². The van der Waals surface area contributed by atoms with Gasteiger partial charge in [0.15, 0.2) is 0 Å². The smallest absolute Gasteiger partial charge is 0.0380 e. The molecule has 0 aromatic heterocycles. The summed E-state index contributed by atoms with van der Waals surface area (Å²) in [4.78, 5) is 0. The van der Waals surface area contributed by atoms with Gasteiger partial charge in [0.1, 0.15) is 0 Å². The number of rotatable bonds is 4. The summed E-state index contributed by atoms with van der Waals surface area (Å²) in [5, 5.41) is 4.47. The molecule has 1 aliphatic rings. The van der Waals surface area contributed by atoms with Crippen molar-refractivity contribution < 1.29 is 0 Å². The minimum absolute atomic E-state index is 0.627. The van der Waals surface area contributed by atoms with E-state index in [1.165, 1.54) is 36.3 Å². The average molecular weight is 250 g/mol. The molecule has 0 bridgehead atoms. The van der Waals surface area contributed by atoms with Gasteiger partial charge in [0.2, 0.25) is 0 Å². The van der Waals surface area contributed by atoms with E-state index < -0.39 is 0 Å². The molecule has 0 aliphatic heterocycles. The Hall–Kier alpha value is -0.830. The third kappa shape index (κ3) is 3.09. The van der Waals surface area contributed by atoms with Crippen molar-refractivity contribution in [3.8, 4) is 0 Å². The highest BCUT2D eigenvalue weighted by atomic mass is 32.2. The van der Waals surface area contributed by atoms with Gasteiger partial charge in [0.05, 0.1) is 0 Å². The molecule has 17 heavy (non-hydrogen) atoms. The van der Waals surface area contributed by atoms with Gasteiger partial charge in [-0.15, -0.1) is 0 Å². The summed E-state index contributed by atoms with van der Waals surface area (Å²) < 4.78 is 0. The molecule has 0 saturated heterocycles. The number of nitrogen functional groups attached to an aromatic ring is 1. The largest absolute Gasteiger partial charge is 0.399 e. The lowest BCUT2D eigenvalue weighted by Crippen LogP contribution is -2.26. The van der Waals surface area contributed by atoms with E-state index in [9.17, 15) is 0 Å². The molecule has 2 nitrogen and oxygen atoms in total. The Bertz CT molecular complexity index is 378. The molecule has 2 unspecified atom stereocenters. The molecule has 0 heterocycles. The number of aryl methyl sites for hydroxylation is 1. The molecule has 1 fully saturated rings. The van der Waals surface area contributed by atoms with Gasteiger partial charge in [0, 0.05) is 22.7 Å². The molecule has 2 rings (SSSR count). The lowest BCUT2D eigenvalue weighted by Gasteiger charge is -2.22. The van der Waals surface area contributed by atoms with Crippen molar-refractivity contribution >= 4 is 23.1 Å². The van der Waals surface area contributed by atoms with Crippen molar-refractivity contribution in [2.75, 3.05) is 16.8 Å². The van der Waals surface area contributed by atoms with E-state index in [0.717, 1.165) is 10.9 Å². The molecule has 0 amide bonds. The number of anilines is 2. The van der Waals surface area contributed by atoms with Crippen LogP contribution in [0, 0.1) is 6.92 Å².